The number of aliphatic hydroxyl groups is 1. The Morgan fingerprint density at radius 2 is 1.13 bits per heavy atom. The highest BCUT2D eigenvalue weighted by molar-refractivity contribution is 5.72. The maximum absolute atomic E-state index is 10.9. The monoisotopic (exact) mass is 330 g/mol. The predicted molar refractivity (Wildman–Crippen MR) is 79.3 cm³/mol. The molecule has 0 atom stereocenters. The van der Waals surface area contributed by atoms with Gasteiger partial charge < -0.3 is 20.4 Å². The van der Waals surface area contributed by atoms with Crippen LogP contribution < -0.4 is 0 Å². The molecule has 1 fully saturated rings. The highest BCUT2D eigenvalue weighted by Gasteiger charge is 2.20. The largest absolute Gasteiger partial charge is 0.511 e. The Balaban J connectivity index is 2.61. The molecule has 9 heteroatoms. The van der Waals surface area contributed by atoms with E-state index in [2.05, 4.69) is 0 Å². The number of carboxylic acid groups (broad SMARTS) is 3. The second-order valence-electron chi connectivity index (χ2n) is 5.51. The molecule has 0 aliphatic heterocycles. The lowest BCUT2D eigenvalue weighted by Crippen LogP contribution is -2.42. The van der Waals surface area contributed by atoms with E-state index >= 15 is 0 Å². The van der Waals surface area contributed by atoms with Crippen molar-refractivity contribution in [3.8, 4) is 0 Å². The molecule has 9 nitrogen and oxygen atoms in total. The molecule has 23 heavy (non-hydrogen) atoms. The molecule has 0 saturated heterocycles. The van der Waals surface area contributed by atoms with Gasteiger partial charge in [-0.2, -0.15) is 0 Å². The van der Waals surface area contributed by atoms with E-state index in [1.165, 1.54) is 9.80 Å². The molecule has 0 aromatic rings. The molecule has 1 saturated carbocycles. The summed E-state index contributed by atoms with van der Waals surface area (Å²) < 4.78 is 0. The fourth-order valence-electron chi connectivity index (χ4n) is 2.25. The van der Waals surface area contributed by atoms with E-state index in [1.54, 1.807) is 0 Å². The van der Waals surface area contributed by atoms with Gasteiger partial charge in [0, 0.05) is 13.1 Å². The van der Waals surface area contributed by atoms with Gasteiger partial charge in [-0.05, 0) is 24.8 Å². The van der Waals surface area contributed by atoms with E-state index in [0.29, 0.717) is 0 Å². The number of nitrogens with zero attached hydrogens (tertiary/aromatic N) is 2. The van der Waals surface area contributed by atoms with Gasteiger partial charge >= 0.3 is 17.9 Å². The van der Waals surface area contributed by atoms with Gasteiger partial charge in [0.1, 0.15) is 5.76 Å². The summed E-state index contributed by atoms with van der Waals surface area (Å²) in [5.74, 6) is -3.23. The number of aliphatic carboxylic acids is 3. The summed E-state index contributed by atoms with van der Waals surface area (Å²) in [6.45, 7) is -0.916. The number of allylic oxidation sites excluding steroid dienone is 1. The maximum Gasteiger partial charge on any atom is 0.317 e. The third-order valence-corrected chi connectivity index (χ3v) is 3.55. The molecule has 0 heterocycles. The highest BCUT2D eigenvalue weighted by Crippen LogP contribution is 2.27. The minimum Gasteiger partial charge on any atom is -0.511 e. The Kier molecular flexibility index (Phi) is 7.49. The average Bonchev–Trinajstić information content (AvgIpc) is 2.31. The van der Waals surface area contributed by atoms with E-state index in [1.807, 2.05) is 0 Å². The Hall–Kier alpha value is -2.13. The number of hydrogen-bond donors (Lipinski definition) is 4. The Morgan fingerprint density at radius 3 is 1.43 bits per heavy atom. The van der Waals surface area contributed by atoms with E-state index in [0.717, 1.165) is 24.8 Å². The maximum atomic E-state index is 10.9. The first kappa shape index (κ1) is 18.9. The number of rotatable bonds is 11. The average molecular weight is 330 g/mol. The van der Waals surface area contributed by atoms with Crippen molar-refractivity contribution in [2.75, 3.05) is 39.3 Å². The lowest BCUT2D eigenvalue weighted by atomic mass is 9.91. The van der Waals surface area contributed by atoms with Crippen molar-refractivity contribution in [2.24, 2.45) is 0 Å². The second-order valence-corrected chi connectivity index (χ2v) is 5.51. The summed E-state index contributed by atoms with van der Waals surface area (Å²) in [4.78, 5) is 35.0. The molecule has 0 aromatic heterocycles. The molecule has 0 spiro atoms. The van der Waals surface area contributed by atoms with Crippen LogP contribution in [0.2, 0.25) is 0 Å². The Bertz CT molecular complexity index is 468. The molecule has 0 aromatic carbocycles. The molecule has 0 unspecified atom stereocenters. The minimum absolute atomic E-state index is 0.0651. The molecule has 0 radical (unpaired) electrons. The number of hydrogen-bond acceptors (Lipinski definition) is 6. The Labute approximate surface area is 133 Å². The van der Waals surface area contributed by atoms with Gasteiger partial charge in [0.05, 0.1) is 26.2 Å². The first-order chi connectivity index (χ1) is 10.8. The zero-order valence-electron chi connectivity index (χ0n) is 12.8. The standard InChI is InChI=1S/C14H22N2O7/c17-11(10-2-1-3-10)6-15(7-12(18)19)4-5-16(8-13(20)21)9-14(22)23/h17H,1-9H2,(H,18,19)(H,20,21)(H,22,23). The van der Waals surface area contributed by atoms with Crippen molar-refractivity contribution in [3.05, 3.63) is 11.3 Å². The van der Waals surface area contributed by atoms with Crippen molar-refractivity contribution in [1.29, 1.82) is 0 Å². The molecule has 130 valence electrons. The summed E-state index contributed by atoms with van der Waals surface area (Å²) in [5.41, 5.74) is 0.910. The summed E-state index contributed by atoms with van der Waals surface area (Å²) in [6, 6.07) is 0. The zero-order valence-corrected chi connectivity index (χ0v) is 12.8. The van der Waals surface area contributed by atoms with E-state index < -0.39 is 31.0 Å². The van der Waals surface area contributed by atoms with Crippen LogP contribution in [0.4, 0.5) is 0 Å². The summed E-state index contributed by atoms with van der Waals surface area (Å²) in [5, 5.41) is 36.4. The van der Waals surface area contributed by atoms with Crippen molar-refractivity contribution in [1.82, 2.24) is 9.80 Å². The summed E-state index contributed by atoms with van der Waals surface area (Å²) in [7, 11) is 0. The quantitative estimate of drug-likeness (QED) is 0.380. The summed E-state index contributed by atoms with van der Waals surface area (Å²) in [6.07, 6.45) is 2.61. The van der Waals surface area contributed by atoms with Crippen LogP contribution >= 0.6 is 0 Å². The van der Waals surface area contributed by atoms with Crippen LogP contribution in [0.25, 0.3) is 0 Å². The second kappa shape index (κ2) is 9.11. The highest BCUT2D eigenvalue weighted by atomic mass is 16.4. The zero-order chi connectivity index (χ0) is 17.4. The van der Waals surface area contributed by atoms with E-state index in [-0.39, 0.29) is 31.9 Å². The third kappa shape index (κ3) is 7.61. The smallest absolute Gasteiger partial charge is 0.317 e. The lowest BCUT2D eigenvalue weighted by molar-refractivity contribution is -0.143. The molecular formula is C14H22N2O7. The molecule has 1 aliphatic carbocycles. The van der Waals surface area contributed by atoms with Gasteiger partial charge in [0.2, 0.25) is 0 Å². The van der Waals surface area contributed by atoms with Crippen LogP contribution in [0.5, 0.6) is 0 Å². The van der Waals surface area contributed by atoms with Gasteiger partial charge in [-0.1, -0.05) is 0 Å². The lowest BCUT2D eigenvalue weighted by Gasteiger charge is -2.26. The SMILES string of the molecule is O=C(O)CN(CCN(CC(=O)O)CC(O)=C1CCC1)CC(=O)O. The normalized spacial score (nSPS) is 13.9. The molecule has 0 amide bonds. The van der Waals surface area contributed by atoms with Gasteiger partial charge in [0.25, 0.3) is 0 Å². The van der Waals surface area contributed by atoms with Crippen molar-refractivity contribution in [3.63, 3.8) is 0 Å². The van der Waals surface area contributed by atoms with Crippen molar-refractivity contribution in [2.45, 2.75) is 19.3 Å². The minimum atomic E-state index is -1.16. The van der Waals surface area contributed by atoms with Gasteiger partial charge in [-0.25, -0.2) is 0 Å². The fourth-order valence-corrected chi connectivity index (χ4v) is 2.25. The van der Waals surface area contributed by atoms with Crippen LogP contribution in [0.1, 0.15) is 19.3 Å². The predicted octanol–water partition coefficient (Wildman–Crippen LogP) is -0.160. The molecule has 0 bridgehead atoms. The van der Waals surface area contributed by atoms with Gasteiger partial charge in [-0.3, -0.25) is 24.2 Å². The molecule has 1 rings (SSSR count). The summed E-state index contributed by atoms with van der Waals surface area (Å²) >= 11 is 0. The molecule has 4 N–H and O–H groups in total. The molecular weight excluding hydrogens is 308 g/mol. The third-order valence-electron chi connectivity index (χ3n) is 3.55. The Morgan fingerprint density at radius 1 is 0.739 bits per heavy atom. The fraction of sp³-hybridized carbons (Fsp3) is 0.643. The van der Waals surface area contributed by atoms with Crippen LogP contribution in [-0.4, -0.2) is 87.4 Å². The van der Waals surface area contributed by atoms with E-state index in [9.17, 15) is 19.5 Å². The number of carbonyl (C=O) groups is 3. The van der Waals surface area contributed by atoms with Crippen LogP contribution in [0.3, 0.4) is 0 Å². The van der Waals surface area contributed by atoms with Gasteiger partial charge in [-0.15, -0.1) is 0 Å². The van der Waals surface area contributed by atoms with E-state index in [4.69, 9.17) is 15.3 Å². The van der Waals surface area contributed by atoms with Crippen LogP contribution in [0, 0.1) is 0 Å². The van der Waals surface area contributed by atoms with Crippen molar-refractivity contribution >= 4 is 17.9 Å². The first-order valence-corrected chi connectivity index (χ1v) is 7.28. The number of aliphatic hydroxyl groups excluding tert-OH is 1. The van der Waals surface area contributed by atoms with Gasteiger partial charge in [0.15, 0.2) is 0 Å². The molecule has 1 aliphatic rings. The van der Waals surface area contributed by atoms with Crippen LogP contribution in [-0.2, 0) is 14.4 Å². The van der Waals surface area contributed by atoms with Crippen molar-refractivity contribution < 1.29 is 34.8 Å². The van der Waals surface area contributed by atoms with Crippen LogP contribution in [0.15, 0.2) is 11.3 Å². The number of carboxylic acids is 3. The first-order valence-electron chi connectivity index (χ1n) is 7.28. The topological polar surface area (TPSA) is 139 Å².